The van der Waals surface area contributed by atoms with Gasteiger partial charge in [0, 0.05) is 17.2 Å². The SMILES string of the molecule is COC(=O)N1C=C(C2C(C=O)CON2c2ccccc2Br)CC1. The van der Waals surface area contributed by atoms with Crippen LogP contribution in [0.5, 0.6) is 0 Å². The van der Waals surface area contributed by atoms with Crippen LogP contribution in [-0.4, -0.2) is 43.6 Å². The molecule has 0 spiro atoms. The number of carbonyl (C=O) groups excluding carboxylic acids is 2. The summed E-state index contributed by atoms with van der Waals surface area (Å²) in [6, 6.07) is 7.47. The van der Waals surface area contributed by atoms with Crippen LogP contribution in [-0.2, 0) is 14.4 Å². The van der Waals surface area contributed by atoms with Crippen LogP contribution in [0, 0.1) is 5.92 Å². The lowest BCUT2D eigenvalue weighted by atomic mass is 9.94. The van der Waals surface area contributed by atoms with Crippen LogP contribution in [0.15, 0.2) is 40.5 Å². The maximum atomic E-state index is 11.7. The lowest BCUT2D eigenvalue weighted by Crippen LogP contribution is -2.34. The van der Waals surface area contributed by atoms with Crippen molar-refractivity contribution in [2.24, 2.45) is 5.92 Å². The van der Waals surface area contributed by atoms with E-state index in [-0.39, 0.29) is 12.0 Å². The van der Waals surface area contributed by atoms with E-state index in [1.165, 1.54) is 12.0 Å². The topological polar surface area (TPSA) is 59.1 Å². The zero-order chi connectivity index (χ0) is 16.4. The highest BCUT2D eigenvalue weighted by molar-refractivity contribution is 9.10. The number of para-hydroxylation sites is 1. The van der Waals surface area contributed by atoms with E-state index in [9.17, 15) is 9.59 Å². The molecule has 1 fully saturated rings. The predicted molar refractivity (Wildman–Crippen MR) is 87.7 cm³/mol. The highest BCUT2D eigenvalue weighted by Gasteiger charge is 2.41. The van der Waals surface area contributed by atoms with Gasteiger partial charge in [0.2, 0.25) is 0 Å². The maximum Gasteiger partial charge on any atom is 0.413 e. The fourth-order valence-electron chi connectivity index (χ4n) is 2.97. The van der Waals surface area contributed by atoms with Crippen LogP contribution in [0.2, 0.25) is 0 Å². The van der Waals surface area contributed by atoms with Gasteiger partial charge >= 0.3 is 6.09 Å². The summed E-state index contributed by atoms with van der Waals surface area (Å²) in [5, 5.41) is 1.76. The largest absolute Gasteiger partial charge is 0.452 e. The van der Waals surface area contributed by atoms with Crippen LogP contribution >= 0.6 is 15.9 Å². The Morgan fingerprint density at radius 1 is 1.43 bits per heavy atom. The molecule has 7 heteroatoms. The quantitative estimate of drug-likeness (QED) is 0.754. The van der Waals surface area contributed by atoms with E-state index in [0.29, 0.717) is 19.6 Å². The number of rotatable bonds is 3. The second kappa shape index (κ2) is 6.72. The summed E-state index contributed by atoms with van der Waals surface area (Å²) in [6.07, 6.45) is 2.98. The number of methoxy groups -OCH3 is 1. The van der Waals surface area contributed by atoms with Crippen molar-refractivity contribution < 1.29 is 19.2 Å². The minimum atomic E-state index is -0.394. The Bertz CT molecular complexity index is 649. The molecule has 1 aromatic carbocycles. The lowest BCUT2D eigenvalue weighted by molar-refractivity contribution is -0.111. The van der Waals surface area contributed by atoms with Crippen molar-refractivity contribution in [3.8, 4) is 0 Å². The molecule has 0 aliphatic carbocycles. The third kappa shape index (κ3) is 2.98. The van der Waals surface area contributed by atoms with Gasteiger partial charge in [0.15, 0.2) is 0 Å². The molecular formula is C16H17BrN2O4. The molecule has 3 rings (SSSR count). The van der Waals surface area contributed by atoms with E-state index in [0.717, 1.165) is 22.0 Å². The zero-order valence-corrected chi connectivity index (χ0v) is 14.2. The first-order valence-corrected chi connectivity index (χ1v) is 8.12. The van der Waals surface area contributed by atoms with Crippen LogP contribution < -0.4 is 5.06 Å². The first-order valence-electron chi connectivity index (χ1n) is 7.33. The Balaban J connectivity index is 1.92. The minimum Gasteiger partial charge on any atom is -0.452 e. The number of hydroxylamine groups is 1. The molecule has 0 radical (unpaired) electrons. The Kier molecular flexibility index (Phi) is 4.68. The van der Waals surface area contributed by atoms with Crippen LogP contribution in [0.1, 0.15) is 6.42 Å². The van der Waals surface area contributed by atoms with Gasteiger partial charge in [0.1, 0.15) is 6.29 Å². The Labute approximate surface area is 142 Å². The molecule has 0 N–H and O–H groups in total. The average molecular weight is 381 g/mol. The molecule has 2 atom stereocenters. The lowest BCUT2D eigenvalue weighted by Gasteiger charge is -2.27. The molecule has 2 aliphatic rings. The first kappa shape index (κ1) is 16.0. The molecule has 2 heterocycles. The molecular weight excluding hydrogens is 364 g/mol. The molecule has 1 aromatic rings. The van der Waals surface area contributed by atoms with Crippen LogP contribution in [0.3, 0.4) is 0 Å². The van der Waals surface area contributed by atoms with Gasteiger partial charge in [-0.05, 0) is 40.1 Å². The second-order valence-corrected chi connectivity index (χ2v) is 6.29. The first-order chi connectivity index (χ1) is 11.2. The van der Waals surface area contributed by atoms with Crippen molar-refractivity contribution in [3.63, 3.8) is 0 Å². The van der Waals surface area contributed by atoms with Crippen molar-refractivity contribution in [1.82, 2.24) is 4.90 Å². The summed E-state index contributed by atoms with van der Waals surface area (Å²) in [6.45, 7) is 0.874. The molecule has 23 heavy (non-hydrogen) atoms. The van der Waals surface area contributed by atoms with Gasteiger partial charge in [-0.1, -0.05) is 12.1 Å². The predicted octanol–water partition coefficient (Wildman–Crippen LogP) is 2.74. The van der Waals surface area contributed by atoms with Crippen molar-refractivity contribution in [2.75, 3.05) is 25.3 Å². The van der Waals surface area contributed by atoms with Crippen molar-refractivity contribution in [1.29, 1.82) is 0 Å². The van der Waals surface area contributed by atoms with Gasteiger partial charge in [-0.25, -0.2) is 9.86 Å². The highest BCUT2D eigenvalue weighted by atomic mass is 79.9. The number of hydrogen-bond acceptors (Lipinski definition) is 5. The summed E-state index contributed by atoms with van der Waals surface area (Å²) >= 11 is 3.52. The number of amides is 1. The molecule has 122 valence electrons. The number of ether oxygens (including phenoxy) is 1. The van der Waals surface area contributed by atoms with E-state index in [2.05, 4.69) is 15.9 Å². The number of halogens is 1. The zero-order valence-electron chi connectivity index (χ0n) is 12.6. The highest BCUT2D eigenvalue weighted by Crippen LogP contribution is 2.37. The molecule has 2 unspecified atom stereocenters. The average Bonchev–Trinajstić information content (AvgIpc) is 3.20. The number of nitrogens with zero attached hydrogens (tertiary/aromatic N) is 2. The number of benzene rings is 1. The summed E-state index contributed by atoms with van der Waals surface area (Å²) in [4.78, 5) is 30.4. The summed E-state index contributed by atoms with van der Waals surface area (Å²) < 4.78 is 5.64. The van der Waals surface area contributed by atoms with Gasteiger partial charge in [-0.3, -0.25) is 9.74 Å². The normalized spacial score (nSPS) is 23.8. The standard InChI is InChI=1S/C16H17BrN2O4/c1-22-16(21)18-7-6-11(8-18)15-12(9-20)10-23-19(15)14-5-3-2-4-13(14)17/h2-5,8-9,12,15H,6-7,10H2,1H3. The van der Waals surface area contributed by atoms with E-state index >= 15 is 0 Å². The van der Waals surface area contributed by atoms with Crippen LogP contribution in [0.4, 0.5) is 10.5 Å². The van der Waals surface area contributed by atoms with E-state index in [1.54, 1.807) is 11.3 Å². The molecule has 0 aromatic heterocycles. The second-order valence-electron chi connectivity index (χ2n) is 5.44. The van der Waals surface area contributed by atoms with Crippen molar-refractivity contribution >= 4 is 34.0 Å². The van der Waals surface area contributed by atoms with Gasteiger partial charge in [0.05, 0.1) is 31.4 Å². The molecule has 1 saturated heterocycles. The number of carbonyl (C=O) groups is 2. The summed E-state index contributed by atoms with van der Waals surface area (Å²) in [7, 11) is 1.36. The van der Waals surface area contributed by atoms with E-state index < -0.39 is 6.09 Å². The Morgan fingerprint density at radius 3 is 2.91 bits per heavy atom. The minimum absolute atomic E-state index is 0.221. The van der Waals surface area contributed by atoms with Crippen molar-refractivity contribution in [3.05, 3.63) is 40.5 Å². The molecule has 2 aliphatic heterocycles. The number of anilines is 1. The molecule has 1 amide bonds. The molecule has 0 bridgehead atoms. The third-order valence-corrected chi connectivity index (χ3v) is 4.75. The van der Waals surface area contributed by atoms with Crippen molar-refractivity contribution in [2.45, 2.75) is 12.5 Å². The smallest absolute Gasteiger partial charge is 0.413 e. The van der Waals surface area contributed by atoms with Gasteiger partial charge in [-0.2, -0.15) is 0 Å². The fraction of sp³-hybridized carbons (Fsp3) is 0.375. The number of hydrogen-bond donors (Lipinski definition) is 0. The maximum absolute atomic E-state index is 11.7. The van der Waals surface area contributed by atoms with Crippen LogP contribution in [0.25, 0.3) is 0 Å². The summed E-state index contributed by atoms with van der Waals surface area (Å²) in [5.41, 5.74) is 1.85. The fourth-order valence-corrected chi connectivity index (χ4v) is 3.42. The Hall–Kier alpha value is -1.86. The van der Waals surface area contributed by atoms with Gasteiger partial charge < -0.3 is 9.53 Å². The number of aldehydes is 1. The molecule has 6 nitrogen and oxygen atoms in total. The van der Waals surface area contributed by atoms with E-state index in [1.807, 2.05) is 24.3 Å². The van der Waals surface area contributed by atoms with Gasteiger partial charge in [-0.15, -0.1) is 0 Å². The Morgan fingerprint density at radius 2 is 2.22 bits per heavy atom. The summed E-state index contributed by atoms with van der Waals surface area (Å²) in [5.74, 6) is -0.272. The van der Waals surface area contributed by atoms with E-state index in [4.69, 9.17) is 9.57 Å². The third-order valence-electron chi connectivity index (χ3n) is 4.08. The molecule has 0 saturated carbocycles. The van der Waals surface area contributed by atoms with Gasteiger partial charge in [0.25, 0.3) is 0 Å². The monoisotopic (exact) mass is 380 g/mol.